The minimum absolute atomic E-state index is 0.0743. The molecule has 1 aromatic heterocycles. The molecular formula is C39H52ClN5O7S. The number of aromatic nitrogens is 1. The first kappa shape index (κ1) is 39.3. The van der Waals surface area contributed by atoms with Gasteiger partial charge in [0.05, 0.1) is 25.0 Å². The predicted octanol–water partition coefficient (Wildman–Crippen LogP) is 5.39. The van der Waals surface area contributed by atoms with Gasteiger partial charge in [-0.2, -0.15) is 0 Å². The van der Waals surface area contributed by atoms with Crippen LogP contribution >= 0.6 is 11.6 Å². The Hall–Kier alpha value is -3.36. The van der Waals surface area contributed by atoms with Gasteiger partial charge in [-0.15, -0.1) is 0 Å². The van der Waals surface area contributed by atoms with E-state index in [2.05, 4.69) is 27.3 Å². The molecule has 4 atom stereocenters. The van der Waals surface area contributed by atoms with E-state index in [1.165, 1.54) is 4.90 Å². The number of amides is 2. The standard InChI is InChI=1S/C39H52ClN5O7S/c1-39(18-6-3-7-19-39)23-32(35(46)37-43-30-8-4-5-9-34(30)52-37)42-36(47)33-22-29(51-25-27-10-13-28(40)14-11-27)24-45(33)38(48)31(44-53(2,49)50)15-12-26-16-20-41-21-17-26/h4-5,8-11,13-14,26,29,31-33,41,44H,3,6-7,12,15-25H2,1-2H3,(H,42,47)/t29-,31-,32+,33+/m1/s1. The van der Waals surface area contributed by atoms with Gasteiger partial charge in [-0.1, -0.05) is 62.1 Å². The number of halogens is 1. The summed E-state index contributed by atoms with van der Waals surface area (Å²) < 4.78 is 39.8. The minimum atomic E-state index is -3.76. The number of likely N-dealkylation sites (tertiary alicyclic amines) is 1. The number of sulfonamides is 1. The monoisotopic (exact) mass is 769 g/mol. The first-order valence-electron chi connectivity index (χ1n) is 18.9. The zero-order chi connectivity index (χ0) is 37.6. The Morgan fingerprint density at radius 2 is 1.77 bits per heavy atom. The zero-order valence-electron chi connectivity index (χ0n) is 30.7. The largest absolute Gasteiger partial charge is 0.434 e. The van der Waals surface area contributed by atoms with Crippen molar-refractivity contribution in [1.82, 2.24) is 25.2 Å². The van der Waals surface area contributed by atoms with Gasteiger partial charge in [-0.3, -0.25) is 14.4 Å². The van der Waals surface area contributed by atoms with Crippen molar-refractivity contribution in [2.75, 3.05) is 25.9 Å². The Bertz CT molecular complexity index is 1810. The molecule has 0 radical (unpaired) electrons. The van der Waals surface area contributed by atoms with Crippen LogP contribution in [-0.2, 0) is 31.0 Å². The maximum Gasteiger partial charge on any atom is 0.266 e. The van der Waals surface area contributed by atoms with Crippen LogP contribution < -0.4 is 15.4 Å². The number of benzene rings is 2. The van der Waals surface area contributed by atoms with Crippen molar-refractivity contribution in [2.24, 2.45) is 11.3 Å². The van der Waals surface area contributed by atoms with E-state index in [1.807, 2.05) is 18.2 Å². The van der Waals surface area contributed by atoms with E-state index in [9.17, 15) is 22.8 Å². The molecule has 0 unspecified atom stereocenters. The van der Waals surface area contributed by atoms with Gasteiger partial charge >= 0.3 is 0 Å². The fraction of sp³-hybridized carbons (Fsp3) is 0.590. The van der Waals surface area contributed by atoms with Crippen molar-refractivity contribution in [3.05, 3.63) is 65.0 Å². The lowest BCUT2D eigenvalue weighted by atomic mass is 9.71. The molecule has 3 aromatic rings. The maximum absolute atomic E-state index is 14.5. The topological polar surface area (TPSA) is 160 Å². The summed E-state index contributed by atoms with van der Waals surface area (Å²) in [5.74, 6) is -1.12. The average Bonchev–Trinajstić information content (AvgIpc) is 3.78. The second-order valence-corrected chi connectivity index (χ2v) is 17.7. The highest BCUT2D eigenvalue weighted by Crippen LogP contribution is 2.40. The molecule has 3 fully saturated rings. The summed E-state index contributed by atoms with van der Waals surface area (Å²) in [6.07, 6.45) is 9.00. The number of oxazole rings is 1. The van der Waals surface area contributed by atoms with Crippen LogP contribution in [0, 0.1) is 11.3 Å². The minimum Gasteiger partial charge on any atom is -0.434 e. The summed E-state index contributed by atoms with van der Waals surface area (Å²) in [5.41, 5.74) is 1.72. The van der Waals surface area contributed by atoms with Crippen LogP contribution in [0.4, 0.5) is 0 Å². The lowest BCUT2D eigenvalue weighted by Gasteiger charge is -2.36. The van der Waals surface area contributed by atoms with Gasteiger partial charge in [0.25, 0.3) is 5.89 Å². The van der Waals surface area contributed by atoms with Crippen molar-refractivity contribution >= 4 is 50.3 Å². The number of nitrogens with zero attached hydrogens (tertiary/aromatic N) is 2. The lowest BCUT2D eigenvalue weighted by molar-refractivity contribution is -0.140. The number of hydrogen-bond acceptors (Lipinski definition) is 9. The Labute approximate surface area is 317 Å². The quantitative estimate of drug-likeness (QED) is 0.172. The Balaban J connectivity index is 1.25. The van der Waals surface area contributed by atoms with Crippen molar-refractivity contribution in [3.63, 3.8) is 0 Å². The highest BCUT2D eigenvalue weighted by atomic mass is 35.5. The number of fused-ring (bicyclic) bond motifs is 1. The van der Waals surface area contributed by atoms with Crippen LogP contribution in [0.15, 0.2) is 52.9 Å². The first-order valence-corrected chi connectivity index (χ1v) is 21.2. The maximum atomic E-state index is 14.5. The molecule has 6 rings (SSSR count). The molecule has 2 aliphatic heterocycles. The molecule has 53 heavy (non-hydrogen) atoms. The number of carbonyl (C=O) groups excluding carboxylic acids is 3. The van der Waals surface area contributed by atoms with Crippen LogP contribution in [0.5, 0.6) is 0 Å². The van der Waals surface area contributed by atoms with Crippen molar-refractivity contribution in [2.45, 2.75) is 108 Å². The van der Waals surface area contributed by atoms with E-state index in [1.54, 1.807) is 30.3 Å². The van der Waals surface area contributed by atoms with Crippen molar-refractivity contribution < 1.29 is 32.0 Å². The highest BCUT2D eigenvalue weighted by Gasteiger charge is 2.45. The van der Waals surface area contributed by atoms with Gasteiger partial charge in [0.2, 0.25) is 27.6 Å². The van der Waals surface area contributed by atoms with Gasteiger partial charge in [-0.25, -0.2) is 18.1 Å². The molecule has 1 aliphatic carbocycles. The summed E-state index contributed by atoms with van der Waals surface area (Å²) in [4.78, 5) is 49.0. The number of nitrogens with one attached hydrogen (secondary N) is 3. The van der Waals surface area contributed by atoms with E-state index in [0.717, 1.165) is 69.9 Å². The first-order chi connectivity index (χ1) is 25.4. The molecule has 12 nitrogen and oxygen atoms in total. The van der Waals surface area contributed by atoms with Crippen LogP contribution in [-0.4, -0.2) is 86.0 Å². The second kappa shape index (κ2) is 17.4. The predicted molar refractivity (Wildman–Crippen MR) is 203 cm³/mol. The zero-order valence-corrected chi connectivity index (χ0v) is 32.2. The normalized spacial score (nSPS) is 22.1. The number of Topliss-reactive ketones (excluding diaryl/α,β-unsaturated/α-hetero) is 1. The summed E-state index contributed by atoms with van der Waals surface area (Å²) >= 11 is 6.08. The molecule has 1 saturated carbocycles. The molecule has 3 aliphatic rings. The van der Waals surface area contributed by atoms with Gasteiger partial charge in [0.1, 0.15) is 17.6 Å². The molecule has 3 N–H and O–H groups in total. The van der Waals surface area contributed by atoms with Crippen molar-refractivity contribution in [3.8, 4) is 0 Å². The number of carbonyl (C=O) groups is 3. The Morgan fingerprint density at radius 1 is 1.06 bits per heavy atom. The van der Waals surface area contributed by atoms with Gasteiger partial charge in [0.15, 0.2) is 5.58 Å². The number of para-hydroxylation sites is 2. The fourth-order valence-corrected chi connectivity index (χ4v) is 9.04. The summed E-state index contributed by atoms with van der Waals surface area (Å²) in [6.45, 7) is 4.23. The van der Waals surface area contributed by atoms with Crippen molar-refractivity contribution in [1.29, 1.82) is 0 Å². The number of ether oxygens (including phenoxy) is 1. The smallest absolute Gasteiger partial charge is 0.266 e. The summed E-state index contributed by atoms with van der Waals surface area (Å²) in [7, 11) is -3.76. The molecule has 2 aromatic carbocycles. The molecule has 0 spiro atoms. The highest BCUT2D eigenvalue weighted by molar-refractivity contribution is 7.88. The molecular weight excluding hydrogens is 718 g/mol. The summed E-state index contributed by atoms with van der Waals surface area (Å²) in [6, 6.07) is 11.4. The van der Waals surface area contributed by atoms with E-state index in [0.29, 0.717) is 41.3 Å². The lowest BCUT2D eigenvalue weighted by Crippen LogP contribution is -2.55. The van der Waals surface area contributed by atoms with Crippen LogP contribution in [0.25, 0.3) is 11.1 Å². The molecule has 2 saturated heterocycles. The second-order valence-electron chi connectivity index (χ2n) is 15.5. The van der Waals surface area contributed by atoms with Gasteiger partial charge < -0.3 is 24.7 Å². The van der Waals surface area contributed by atoms with E-state index >= 15 is 0 Å². The van der Waals surface area contributed by atoms with Gasteiger partial charge in [0, 0.05) is 18.0 Å². The molecule has 2 amide bonds. The fourth-order valence-electron chi connectivity index (χ4n) is 8.18. The number of rotatable bonds is 15. The average molecular weight is 770 g/mol. The molecule has 14 heteroatoms. The molecule has 0 bridgehead atoms. The van der Waals surface area contributed by atoms with E-state index in [-0.39, 0.29) is 30.9 Å². The van der Waals surface area contributed by atoms with Gasteiger partial charge in [-0.05, 0) is 99.2 Å². The van der Waals surface area contributed by atoms with Crippen LogP contribution in [0.3, 0.4) is 0 Å². The molecule has 3 heterocycles. The van der Waals surface area contributed by atoms with Crippen LogP contribution in [0.1, 0.15) is 93.8 Å². The Morgan fingerprint density at radius 3 is 2.47 bits per heavy atom. The molecule has 288 valence electrons. The van der Waals surface area contributed by atoms with E-state index < -0.39 is 51.9 Å². The third kappa shape index (κ3) is 10.7. The summed E-state index contributed by atoms with van der Waals surface area (Å²) in [5, 5.41) is 6.97. The number of hydrogen-bond donors (Lipinski definition) is 3. The number of piperidine rings is 1. The third-order valence-corrected chi connectivity index (χ3v) is 12.1. The number of ketones is 1. The van der Waals surface area contributed by atoms with Crippen LogP contribution in [0.2, 0.25) is 5.02 Å². The Kier molecular flexibility index (Phi) is 12.9. The third-order valence-electron chi connectivity index (χ3n) is 11.1. The van der Waals surface area contributed by atoms with E-state index in [4.69, 9.17) is 20.8 Å². The SMILES string of the molecule is CC1(C[C@H](NC(=O)[C@@H]2C[C@@H](OCc3ccc(Cl)cc3)CN2C(=O)[C@@H](CCC2CCNCC2)NS(C)(=O)=O)C(=O)c2nc3ccccc3o2)CCCCC1.